The van der Waals surface area contributed by atoms with Crippen molar-refractivity contribution in [3.63, 3.8) is 0 Å². The van der Waals surface area contributed by atoms with Gasteiger partial charge in [-0.05, 0) is 55.2 Å². The van der Waals surface area contributed by atoms with Crippen LogP contribution in [0.2, 0.25) is 0 Å². The van der Waals surface area contributed by atoms with Gasteiger partial charge in [-0.25, -0.2) is 13.2 Å². The smallest absolute Gasteiger partial charge is 0.210 e. The largest absolute Gasteiger partial charge is 0.419 e. The number of rotatable bonds is 4. The first-order valence-corrected chi connectivity index (χ1v) is 7.59. The first kappa shape index (κ1) is 17.9. The fraction of sp³-hybridized carbons (Fsp3) is 0.529. The van der Waals surface area contributed by atoms with Crippen molar-refractivity contribution < 1.29 is 26.3 Å². The molecule has 1 aliphatic carbocycles. The third-order valence-electron chi connectivity index (χ3n) is 4.26. The zero-order valence-corrected chi connectivity index (χ0v) is 12.4. The quantitative estimate of drug-likeness (QED) is 0.445. The lowest BCUT2D eigenvalue weighted by molar-refractivity contribution is -0.140. The average molecular weight is 336 g/mol. The Balaban J connectivity index is 1.95. The van der Waals surface area contributed by atoms with Crippen molar-refractivity contribution in [2.45, 2.75) is 50.6 Å². The van der Waals surface area contributed by atoms with Crippen molar-refractivity contribution in [2.75, 3.05) is 0 Å². The summed E-state index contributed by atoms with van der Waals surface area (Å²) in [6, 6.07) is 3.10. The molecule has 0 spiro atoms. The molecule has 128 valence electrons. The second-order valence-electron chi connectivity index (χ2n) is 5.90. The van der Waals surface area contributed by atoms with E-state index < -0.39 is 24.0 Å². The SMILES string of the molecule is Fc1cc(C2CCC(/C=C/CC(F)F)CC2)ccc1C(F)(F)F. The topological polar surface area (TPSA) is 0 Å². The van der Waals surface area contributed by atoms with E-state index in [1.54, 1.807) is 6.08 Å². The van der Waals surface area contributed by atoms with Crippen LogP contribution in [0, 0.1) is 11.7 Å². The van der Waals surface area contributed by atoms with Crippen LogP contribution in [-0.4, -0.2) is 6.43 Å². The van der Waals surface area contributed by atoms with E-state index >= 15 is 0 Å². The van der Waals surface area contributed by atoms with E-state index in [9.17, 15) is 26.3 Å². The summed E-state index contributed by atoms with van der Waals surface area (Å²) in [5, 5.41) is 0. The van der Waals surface area contributed by atoms with Crippen molar-refractivity contribution in [3.8, 4) is 0 Å². The van der Waals surface area contributed by atoms with Crippen LogP contribution in [-0.2, 0) is 6.18 Å². The lowest BCUT2D eigenvalue weighted by Crippen LogP contribution is -2.13. The molecule has 1 aliphatic rings. The summed E-state index contributed by atoms with van der Waals surface area (Å²) >= 11 is 0. The van der Waals surface area contributed by atoms with Crippen molar-refractivity contribution in [2.24, 2.45) is 5.92 Å². The van der Waals surface area contributed by atoms with Gasteiger partial charge in [0.2, 0.25) is 6.43 Å². The molecule has 23 heavy (non-hydrogen) atoms. The first-order valence-electron chi connectivity index (χ1n) is 7.59. The van der Waals surface area contributed by atoms with Crippen LogP contribution in [0.15, 0.2) is 30.4 Å². The lowest BCUT2D eigenvalue weighted by atomic mass is 9.78. The molecule has 0 bridgehead atoms. The fourth-order valence-electron chi connectivity index (χ4n) is 3.03. The van der Waals surface area contributed by atoms with Crippen molar-refractivity contribution >= 4 is 0 Å². The van der Waals surface area contributed by atoms with Gasteiger partial charge in [-0.1, -0.05) is 18.2 Å². The molecule has 0 radical (unpaired) electrons. The van der Waals surface area contributed by atoms with Crippen molar-refractivity contribution in [1.29, 1.82) is 0 Å². The van der Waals surface area contributed by atoms with Gasteiger partial charge < -0.3 is 0 Å². The molecule has 0 heterocycles. The van der Waals surface area contributed by atoms with Crippen LogP contribution in [0.3, 0.4) is 0 Å². The standard InChI is InChI=1S/C17H18F6/c18-15-10-13(8-9-14(15)17(21,22)23)12-6-4-11(5-7-12)2-1-3-16(19)20/h1-2,8-12,16H,3-7H2/b2-1+. The Morgan fingerprint density at radius 3 is 2.26 bits per heavy atom. The maximum Gasteiger partial charge on any atom is 0.419 e. The summed E-state index contributed by atoms with van der Waals surface area (Å²) < 4.78 is 75.4. The third-order valence-corrected chi connectivity index (χ3v) is 4.26. The van der Waals surface area contributed by atoms with Crippen LogP contribution < -0.4 is 0 Å². The van der Waals surface area contributed by atoms with Gasteiger partial charge in [-0.3, -0.25) is 0 Å². The molecule has 1 saturated carbocycles. The molecule has 0 saturated heterocycles. The van der Waals surface area contributed by atoms with E-state index in [1.165, 1.54) is 12.1 Å². The van der Waals surface area contributed by atoms with Crippen LogP contribution in [0.4, 0.5) is 26.3 Å². The van der Waals surface area contributed by atoms with Gasteiger partial charge in [0, 0.05) is 6.42 Å². The number of benzene rings is 1. The van der Waals surface area contributed by atoms with E-state index in [0.29, 0.717) is 18.4 Å². The van der Waals surface area contributed by atoms with Gasteiger partial charge >= 0.3 is 6.18 Å². The molecular weight excluding hydrogens is 318 g/mol. The Hall–Kier alpha value is -1.46. The van der Waals surface area contributed by atoms with E-state index in [1.807, 2.05) is 0 Å². The van der Waals surface area contributed by atoms with Crippen LogP contribution in [0.5, 0.6) is 0 Å². The second-order valence-corrected chi connectivity index (χ2v) is 5.90. The van der Waals surface area contributed by atoms with Crippen molar-refractivity contribution in [3.05, 3.63) is 47.3 Å². The minimum Gasteiger partial charge on any atom is -0.210 e. The molecule has 0 aromatic heterocycles. The minimum absolute atomic E-state index is 0.0199. The Morgan fingerprint density at radius 2 is 1.74 bits per heavy atom. The van der Waals surface area contributed by atoms with Crippen molar-refractivity contribution in [1.82, 2.24) is 0 Å². The predicted octanol–water partition coefficient (Wildman–Crippen LogP) is 6.33. The lowest BCUT2D eigenvalue weighted by Gasteiger charge is -2.27. The molecule has 0 N–H and O–H groups in total. The minimum atomic E-state index is -4.68. The number of hydrogen-bond acceptors (Lipinski definition) is 0. The van der Waals surface area contributed by atoms with Gasteiger partial charge in [0.25, 0.3) is 0 Å². The van der Waals surface area contributed by atoms with Crippen LogP contribution in [0.25, 0.3) is 0 Å². The van der Waals surface area contributed by atoms with E-state index in [4.69, 9.17) is 0 Å². The second kappa shape index (κ2) is 7.41. The molecule has 2 rings (SSSR count). The van der Waals surface area contributed by atoms with Gasteiger partial charge in [-0.15, -0.1) is 0 Å². The summed E-state index contributed by atoms with van der Waals surface area (Å²) in [6.45, 7) is 0. The molecular formula is C17H18F6. The first-order chi connectivity index (χ1) is 10.8. The van der Waals surface area contributed by atoms with Gasteiger partial charge in [-0.2, -0.15) is 13.2 Å². The monoisotopic (exact) mass is 336 g/mol. The molecule has 6 heteroatoms. The average Bonchev–Trinajstić information content (AvgIpc) is 2.46. The van der Waals surface area contributed by atoms with Crippen LogP contribution >= 0.6 is 0 Å². The number of allylic oxidation sites excluding steroid dienone is 2. The highest BCUT2D eigenvalue weighted by atomic mass is 19.4. The van der Waals surface area contributed by atoms with E-state index in [0.717, 1.165) is 25.0 Å². The van der Waals surface area contributed by atoms with E-state index in [-0.39, 0.29) is 18.3 Å². The predicted molar refractivity (Wildman–Crippen MR) is 75.9 cm³/mol. The zero-order valence-electron chi connectivity index (χ0n) is 12.4. The van der Waals surface area contributed by atoms with Crippen LogP contribution in [0.1, 0.15) is 49.1 Å². The Bertz CT molecular complexity index is 539. The summed E-state index contributed by atoms with van der Waals surface area (Å²) in [5.41, 5.74) is -0.671. The molecule has 1 fully saturated rings. The highest BCUT2D eigenvalue weighted by Crippen LogP contribution is 2.38. The number of hydrogen-bond donors (Lipinski definition) is 0. The number of halogens is 6. The summed E-state index contributed by atoms with van der Waals surface area (Å²) in [5.74, 6) is -1.01. The number of alkyl halides is 5. The fourth-order valence-corrected chi connectivity index (χ4v) is 3.03. The third kappa shape index (κ3) is 5.01. The van der Waals surface area contributed by atoms with Gasteiger partial charge in [0.1, 0.15) is 5.82 Å². The van der Waals surface area contributed by atoms with E-state index in [2.05, 4.69) is 0 Å². The molecule has 0 unspecified atom stereocenters. The highest BCUT2D eigenvalue weighted by Gasteiger charge is 2.34. The maximum atomic E-state index is 13.6. The van der Waals surface area contributed by atoms with Gasteiger partial charge in [0.05, 0.1) is 5.56 Å². The zero-order chi connectivity index (χ0) is 17.0. The Labute approximate surface area is 131 Å². The molecule has 0 amide bonds. The summed E-state index contributed by atoms with van der Waals surface area (Å²) in [7, 11) is 0. The van der Waals surface area contributed by atoms with Gasteiger partial charge in [0.15, 0.2) is 0 Å². The maximum absolute atomic E-state index is 13.6. The highest BCUT2D eigenvalue weighted by molar-refractivity contribution is 5.29. The Morgan fingerprint density at radius 1 is 1.09 bits per heavy atom. The summed E-state index contributed by atoms with van der Waals surface area (Å²) in [6.07, 6.45) is -1.05. The normalized spacial score (nSPS) is 22.9. The Kier molecular flexibility index (Phi) is 5.76. The molecule has 0 aliphatic heterocycles. The molecule has 0 atom stereocenters. The molecule has 0 nitrogen and oxygen atoms in total. The molecule has 1 aromatic rings. The summed E-state index contributed by atoms with van der Waals surface area (Å²) in [4.78, 5) is 0. The molecule has 1 aromatic carbocycles.